The molecule has 2 N–H and O–H groups in total. The van der Waals surface area contributed by atoms with Gasteiger partial charge in [-0.1, -0.05) is 12.8 Å². The van der Waals surface area contributed by atoms with Crippen LogP contribution < -0.4 is 5.32 Å². The summed E-state index contributed by atoms with van der Waals surface area (Å²) in [6, 6.07) is 0. The topological polar surface area (TPSA) is 41.5 Å². The Morgan fingerprint density at radius 2 is 2.21 bits per heavy atom. The lowest BCUT2D eigenvalue weighted by Crippen LogP contribution is -2.39. The average Bonchev–Trinajstić information content (AvgIpc) is 2.93. The molecule has 0 spiro atoms. The predicted molar refractivity (Wildman–Crippen MR) is 57.3 cm³/mol. The summed E-state index contributed by atoms with van der Waals surface area (Å²) in [5.74, 6) is 0.964. The lowest BCUT2D eigenvalue weighted by molar-refractivity contribution is 0.0250. The van der Waals surface area contributed by atoms with Gasteiger partial charge in [0.25, 0.3) is 0 Å². The van der Waals surface area contributed by atoms with Crippen molar-refractivity contribution in [2.75, 3.05) is 26.8 Å². The third-order valence-corrected chi connectivity index (χ3v) is 2.78. The first-order valence-corrected chi connectivity index (χ1v) is 5.56. The zero-order valence-corrected chi connectivity index (χ0v) is 9.38. The van der Waals surface area contributed by atoms with Gasteiger partial charge in [-0.15, -0.1) is 0 Å². The molecule has 1 aliphatic rings. The highest BCUT2D eigenvalue weighted by molar-refractivity contribution is 4.77. The third-order valence-electron chi connectivity index (χ3n) is 2.78. The fraction of sp³-hybridized carbons (Fsp3) is 1.00. The van der Waals surface area contributed by atoms with Crippen LogP contribution in [0, 0.1) is 5.92 Å². The number of rotatable bonds is 8. The summed E-state index contributed by atoms with van der Waals surface area (Å²) < 4.78 is 4.94. The fourth-order valence-corrected chi connectivity index (χ4v) is 1.48. The van der Waals surface area contributed by atoms with Crippen LogP contribution in [0.4, 0.5) is 0 Å². The van der Waals surface area contributed by atoms with Crippen LogP contribution in [0.15, 0.2) is 0 Å². The van der Waals surface area contributed by atoms with Crippen LogP contribution in [-0.4, -0.2) is 37.5 Å². The number of hydrogen-bond donors (Lipinski definition) is 2. The van der Waals surface area contributed by atoms with Gasteiger partial charge in [0, 0.05) is 26.7 Å². The summed E-state index contributed by atoms with van der Waals surface area (Å²) in [6.45, 7) is 4.18. The van der Waals surface area contributed by atoms with Crippen molar-refractivity contribution < 1.29 is 9.84 Å². The Balaban J connectivity index is 1.96. The molecule has 1 unspecified atom stereocenters. The Morgan fingerprint density at radius 3 is 2.79 bits per heavy atom. The van der Waals surface area contributed by atoms with Crippen LogP contribution in [0.25, 0.3) is 0 Å². The molecule has 1 fully saturated rings. The molecule has 0 amide bonds. The SMILES string of the molecule is COCCC(C)(O)CNCCC1CC1. The van der Waals surface area contributed by atoms with Crippen molar-refractivity contribution in [2.24, 2.45) is 5.92 Å². The summed E-state index contributed by atoms with van der Waals surface area (Å²) in [7, 11) is 1.66. The molecule has 0 radical (unpaired) electrons. The lowest BCUT2D eigenvalue weighted by atomic mass is 10.0. The minimum Gasteiger partial charge on any atom is -0.389 e. The van der Waals surface area contributed by atoms with Gasteiger partial charge in [0.1, 0.15) is 0 Å². The number of hydrogen-bond acceptors (Lipinski definition) is 3. The number of aliphatic hydroxyl groups is 1. The first kappa shape index (κ1) is 12.0. The average molecular weight is 201 g/mol. The maximum atomic E-state index is 9.88. The molecule has 0 aromatic rings. The normalized spacial score (nSPS) is 20.8. The van der Waals surface area contributed by atoms with Gasteiger partial charge in [0.15, 0.2) is 0 Å². The van der Waals surface area contributed by atoms with Gasteiger partial charge in [-0.05, 0) is 25.8 Å². The molecule has 3 heteroatoms. The predicted octanol–water partition coefficient (Wildman–Crippen LogP) is 1.16. The highest BCUT2D eigenvalue weighted by Gasteiger charge is 2.22. The van der Waals surface area contributed by atoms with E-state index in [9.17, 15) is 5.11 Å². The van der Waals surface area contributed by atoms with Crippen LogP contribution in [0.3, 0.4) is 0 Å². The molecular formula is C11H23NO2. The summed E-state index contributed by atoms with van der Waals surface area (Å²) in [5.41, 5.74) is -0.625. The van der Waals surface area contributed by atoms with E-state index in [1.807, 2.05) is 6.92 Å². The molecule has 0 saturated heterocycles. The van der Waals surface area contributed by atoms with Crippen molar-refractivity contribution in [3.8, 4) is 0 Å². The summed E-state index contributed by atoms with van der Waals surface area (Å²) >= 11 is 0. The zero-order chi connectivity index (χ0) is 10.4. The van der Waals surface area contributed by atoms with Crippen molar-refractivity contribution in [1.29, 1.82) is 0 Å². The van der Waals surface area contributed by atoms with Gasteiger partial charge in [-0.25, -0.2) is 0 Å². The molecule has 1 aliphatic carbocycles. The number of ether oxygens (including phenoxy) is 1. The number of nitrogens with one attached hydrogen (secondary N) is 1. The monoisotopic (exact) mass is 201 g/mol. The van der Waals surface area contributed by atoms with E-state index in [1.54, 1.807) is 7.11 Å². The van der Waals surface area contributed by atoms with E-state index >= 15 is 0 Å². The lowest BCUT2D eigenvalue weighted by Gasteiger charge is -2.23. The van der Waals surface area contributed by atoms with Crippen molar-refractivity contribution in [3.63, 3.8) is 0 Å². The van der Waals surface area contributed by atoms with Gasteiger partial charge < -0.3 is 15.2 Å². The van der Waals surface area contributed by atoms with Crippen molar-refractivity contribution in [2.45, 2.75) is 38.2 Å². The third kappa shape index (κ3) is 5.58. The first-order valence-electron chi connectivity index (χ1n) is 5.56. The van der Waals surface area contributed by atoms with E-state index in [0.717, 1.165) is 12.5 Å². The standard InChI is InChI=1S/C11H23NO2/c1-11(13,6-8-14-2)9-12-7-5-10-3-4-10/h10,12-13H,3-9H2,1-2H3. The minimum atomic E-state index is -0.625. The Labute approximate surface area is 86.8 Å². The summed E-state index contributed by atoms with van der Waals surface area (Å²) in [6.07, 6.45) is 4.77. The minimum absolute atomic E-state index is 0.622. The fourth-order valence-electron chi connectivity index (χ4n) is 1.48. The molecule has 0 aliphatic heterocycles. The molecule has 0 heterocycles. The molecule has 1 atom stereocenters. The Kier molecular flexibility index (Phi) is 4.85. The van der Waals surface area contributed by atoms with Gasteiger partial charge in [0.05, 0.1) is 5.60 Å². The molecule has 14 heavy (non-hydrogen) atoms. The van der Waals surface area contributed by atoms with E-state index in [-0.39, 0.29) is 0 Å². The van der Waals surface area contributed by atoms with Crippen LogP contribution in [0.5, 0.6) is 0 Å². The molecule has 84 valence electrons. The highest BCUT2D eigenvalue weighted by atomic mass is 16.5. The first-order chi connectivity index (χ1) is 6.64. The second-order valence-corrected chi connectivity index (χ2v) is 4.65. The van der Waals surface area contributed by atoms with Gasteiger partial charge in [0.2, 0.25) is 0 Å². The van der Waals surface area contributed by atoms with Crippen molar-refractivity contribution in [3.05, 3.63) is 0 Å². The van der Waals surface area contributed by atoms with Crippen LogP contribution >= 0.6 is 0 Å². The maximum Gasteiger partial charge on any atom is 0.0765 e. The van der Waals surface area contributed by atoms with Crippen molar-refractivity contribution in [1.82, 2.24) is 5.32 Å². The zero-order valence-electron chi connectivity index (χ0n) is 9.38. The largest absolute Gasteiger partial charge is 0.389 e. The summed E-state index contributed by atoms with van der Waals surface area (Å²) in [4.78, 5) is 0. The van der Waals surface area contributed by atoms with Crippen LogP contribution in [-0.2, 0) is 4.74 Å². The molecular weight excluding hydrogens is 178 g/mol. The van der Waals surface area contributed by atoms with E-state index in [0.29, 0.717) is 19.6 Å². The van der Waals surface area contributed by atoms with E-state index in [1.165, 1.54) is 19.3 Å². The molecule has 0 aromatic carbocycles. The van der Waals surface area contributed by atoms with Gasteiger partial charge in [-0.3, -0.25) is 0 Å². The smallest absolute Gasteiger partial charge is 0.0765 e. The molecule has 3 nitrogen and oxygen atoms in total. The number of methoxy groups -OCH3 is 1. The molecule has 0 aromatic heterocycles. The quantitative estimate of drug-likeness (QED) is 0.579. The van der Waals surface area contributed by atoms with E-state index < -0.39 is 5.60 Å². The molecule has 1 rings (SSSR count). The van der Waals surface area contributed by atoms with E-state index in [4.69, 9.17) is 4.74 Å². The Bertz CT molecular complexity index is 155. The second kappa shape index (κ2) is 5.69. The van der Waals surface area contributed by atoms with Crippen LogP contribution in [0.2, 0.25) is 0 Å². The second-order valence-electron chi connectivity index (χ2n) is 4.65. The van der Waals surface area contributed by atoms with Crippen molar-refractivity contribution >= 4 is 0 Å². The van der Waals surface area contributed by atoms with Gasteiger partial charge >= 0.3 is 0 Å². The highest BCUT2D eigenvalue weighted by Crippen LogP contribution is 2.31. The Hall–Kier alpha value is -0.120. The molecule has 0 bridgehead atoms. The maximum absolute atomic E-state index is 9.88. The van der Waals surface area contributed by atoms with E-state index in [2.05, 4.69) is 5.32 Å². The van der Waals surface area contributed by atoms with Crippen LogP contribution in [0.1, 0.15) is 32.6 Å². The Morgan fingerprint density at radius 1 is 1.50 bits per heavy atom. The van der Waals surface area contributed by atoms with Gasteiger partial charge in [-0.2, -0.15) is 0 Å². The summed E-state index contributed by atoms with van der Waals surface area (Å²) in [5, 5.41) is 13.2. The molecule has 1 saturated carbocycles.